The van der Waals surface area contributed by atoms with Crippen molar-refractivity contribution >= 4 is 40.8 Å². The van der Waals surface area contributed by atoms with Gasteiger partial charge in [0, 0.05) is 22.9 Å². The standard InChI is InChI=1S/C16H17N5O2S3/c22-13-5-3-12(4-6-13)21-16(18-19-20-21)26-11-15(23)17-7-9-24-10-14-2-1-8-25-14/h1-6,8,22H,7,9-11H2,(H,17,23). The van der Waals surface area contributed by atoms with Crippen LogP contribution >= 0.6 is 34.9 Å². The molecule has 3 aromatic rings. The van der Waals surface area contributed by atoms with Gasteiger partial charge in [0.1, 0.15) is 5.75 Å². The molecule has 136 valence electrons. The number of thiophene rings is 1. The molecule has 2 aromatic heterocycles. The number of hydrogen-bond acceptors (Lipinski definition) is 8. The summed E-state index contributed by atoms with van der Waals surface area (Å²) in [5.74, 6) is 2.22. The summed E-state index contributed by atoms with van der Waals surface area (Å²) in [4.78, 5) is 13.3. The normalized spacial score (nSPS) is 10.8. The van der Waals surface area contributed by atoms with Gasteiger partial charge < -0.3 is 10.4 Å². The first-order valence-electron chi connectivity index (χ1n) is 7.80. The highest BCUT2D eigenvalue weighted by molar-refractivity contribution is 7.99. The molecule has 1 aromatic carbocycles. The third-order valence-electron chi connectivity index (χ3n) is 3.26. The van der Waals surface area contributed by atoms with Crippen molar-refractivity contribution in [1.29, 1.82) is 0 Å². The molecule has 0 saturated carbocycles. The molecule has 3 rings (SSSR count). The van der Waals surface area contributed by atoms with Crippen LogP contribution < -0.4 is 5.32 Å². The van der Waals surface area contributed by atoms with Crippen molar-refractivity contribution < 1.29 is 9.90 Å². The molecule has 0 spiro atoms. The monoisotopic (exact) mass is 407 g/mol. The Hall–Kier alpha value is -2.04. The third kappa shape index (κ3) is 5.48. The molecular weight excluding hydrogens is 390 g/mol. The van der Waals surface area contributed by atoms with E-state index >= 15 is 0 Å². The van der Waals surface area contributed by atoms with Crippen molar-refractivity contribution in [3.63, 3.8) is 0 Å². The molecular formula is C16H17N5O2S3. The number of rotatable bonds is 9. The van der Waals surface area contributed by atoms with E-state index < -0.39 is 0 Å². The summed E-state index contributed by atoms with van der Waals surface area (Å²) >= 11 is 4.82. The number of aromatic hydroxyl groups is 1. The zero-order chi connectivity index (χ0) is 18.2. The number of aromatic nitrogens is 4. The number of benzene rings is 1. The molecule has 0 bridgehead atoms. The van der Waals surface area contributed by atoms with Gasteiger partial charge in [0.15, 0.2) is 0 Å². The van der Waals surface area contributed by atoms with E-state index in [0.29, 0.717) is 11.7 Å². The Labute approximate surface area is 163 Å². The quantitative estimate of drug-likeness (QED) is 0.416. The number of thioether (sulfide) groups is 2. The predicted octanol–water partition coefficient (Wildman–Crippen LogP) is 2.57. The second kappa shape index (κ2) is 9.60. The highest BCUT2D eigenvalue weighted by atomic mass is 32.2. The first-order valence-corrected chi connectivity index (χ1v) is 10.8. The number of tetrazole rings is 1. The van der Waals surface area contributed by atoms with Crippen LogP contribution in [0.3, 0.4) is 0 Å². The zero-order valence-corrected chi connectivity index (χ0v) is 16.2. The highest BCUT2D eigenvalue weighted by Gasteiger charge is 2.11. The molecule has 2 heterocycles. The molecule has 0 radical (unpaired) electrons. The number of nitrogens with zero attached hydrogens (tertiary/aromatic N) is 4. The number of nitrogens with one attached hydrogen (secondary N) is 1. The number of amides is 1. The topological polar surface area (TPSA) is 92.9 Å². The van der Waals surface area contributed by atoms with E-state index in [-0.39, 0.29) is 17.4 Å². The second-order valence-electron chi connectivity index (χ2n) is 5.16. The minimum absolute atomic E-state index is 0.0491. The van der Waals surface area contributed by atoms with Crippen molar-refractivity contribution in [1.82, 2.24) is 25.5 Å². The Morgan fingerprint density at radius 3 is 2.88 bits per heavy atom. The Morgan fingerprint density at radius 2 is 2.12 bits per heavy atom. The van der Waals surface area contributed by atoms with Crippen LogP contribution in [0.25, 0.3) is 5.69 Å². The Bertz CT molecular complexity index is 821. The Kier molecular flexibility index (Phi) is 6.92. The lowest BCUT2D eigenvalue weighted by atomic mass is 10.3. The smallest absolute Gasteiger partial charge is 0.230 e. The first-order chi connectivity index (χ1) is 12.7. The van der Waals surface area contributed by atoms with Crippen LogP contribution in [0.1, 0.15) is 4.88 Å². The van der Waals surface area contributed by atoms with Crippen LogP contribution in [-0.2, 0) is 10.5 Å². The molecule has 0 fully saturated rings. The van der Waals surface area contributed by atoms with Crippen molar-refractivity contribution in [2.24, 2.45) is 0 Å². The molecule has 0 unspecified atom stereocenters. The molecule has 0 saturated heterocycles. The molecule has 2 N–H and O–H groups in total. The molecule has 0 atom stereocenters. The predicted molar refractivity (Wildman–Crippen MR) is 105 cm³/mol. The maximum absolute atomic E-state index is 12.0. The number of phenolic OH excluding ortho intramolecular Hbond substituents is 1. The molecule has 10 heteroatoms. The van der Waals surface area contributed by atoms with Gasteiger partial charge in [0.2, 0.25) is 11.1 Å². The molecule has 7 nitrogen and oxygen atoms in total. The fourth-order valence-corrected chi connectivity index (χ4v) is 4.46. The average molecular weight is 408 g/mol. The summed E-state index contributed by atoms with van der Waals surface area (Å²) in [6, 6.07) is 10.7. The number of carbonyl (C=O) groups is 1. The van der Waals surface area contributed by atoms with Crippen molar-refractivity contribution in [3.05, 3.63) is 46.7 Å². The third-order valence-corrected chi connectivity index (χ3v) is 6.25. The maximum atomic E-state index is 12.0. The number of hydrogen-bond donors (Lipinski definition) is 2. The van der Waals surface area contributed by atoms with Gasteiger partial charge >= 0.3 is 0 Å². The molecule has 26 heavy (non-hydrogen) atoms. The zero-order valence-electron chi connectivity index (χ0n) is 13.7. The number of phenols is 1. The minimum atomic E-state index is -0.0491. The van der Waals surface area contributed by atoms with Crippen LogP contribution in [0.4, 0.5) is 0 Å². The first kappa shape index (κ1) is 18.7. The van der Waals surface area contributed by atoms with Crippen LogP contribution in [0.5, 0.6) is 5.75 Å². The van der Waals surface area contributed by atoms with Crippen molar-refractivity contribution in [2.45, 2.75) is 10.9 Å². The lowest BCUT2D eigenvalue weighted by Crippen LogP contribution is -2.27. The summed E-state index contributed by atoms with van der Waals surface area (Å²) in [5, 5.41) is 26.4. The van der Waals surface area contributed by atoms with Gasteiger partial charge in [0.25, 0.3) is 0 Å². The van der Waals surface area contributed by atoms with Gasteiger partial charge in [0.05, 0.1) is 11.4 Å². The SMILES string of the molecule is O=C(CSc1nnnn1-c1ccc(O)cc1)NCCSCc1cccs1. The average Bonchev–Trinajstić information content (AvgIpc) is 3.32. The molecule has 0 aliphatic rings. The minimum Gasteiger partial charge on any atom is -0.508 e. The summed E-state index contributed by atoms with van der Waals surface area (Å²) in [6.45, 7) is 0.637. The van der Waals surface area contributed by atoms with Gasteiger partial charge in [-0.05, 0) is 46.1 Å². The fourth-order valence-electron chi connectivity index (χ4n) is 2.04. The van der Waals surface area contributed by atoms with Crippen LogP contribution in [0.2, 0.25) is 0 Å². The van der Waals surface area contributed by atoms with E-state index in [1.165, 1.54) is 21.3 Å². The summed E-state index contributed by atoms with van der Waals surface area (Å²) in [7, 11) is 0. The summed E-state index contributed by atoms with van der Waals surface area (Å²) in [6.07, 6.45) is 0. The Balaban J connectivity index is 1.39. The van der Waals surface area contributed by atoms with Crippen molar-refractivity contribution in [2.75, 3.05) is 18.1 Å². The summed E-state index contributed by atoms with van der Waals surface area (Å²) < 4.78 is 1.54. The molecule has 1 amide bonds. The van der Waals surface area contributed by atoms with E-state index in [4.69, 9.17) is 0 Å². The number of carbonyl (C=O) groups excluding carboxylic acids is 1. The van der Waals surface area contributed by atoms with Gasteiger partial charge in [-0.1, -0.05) is 17.8 Å². The fraction of sp³-hybridized carbons (Fsp3) is 0.250. The van der Waals surface area contributed by atoms with Gasteiger partial charge in [-0.15, -0.1) is 16.4 Å². The van der Waals surface area contributed by atoms with Crippen LogP contribution in [0, 0.1) is 0 Å². The van der Waals surface area contributed by atoms with Gasteiger partial charge in [-0.3, -0.25) is 4.79 Å². The van der Waals surface area contributed by atoms with Crippen LogP contribution in [-0.4, -0.2) is 49.3 Å². The van der Waals surface area contributed by atoms with Crippen LogP contribution in [0.15, 0.2) is 46.9 Å². The Morgan fingerprint density at radius 1 is 1.27 bits per heavy atom. The second-order valence-corrected chi connectivity index (χ2v) is 8.24. The highest BCUT2D eigenvalue weighted by Crippen LogP contribution is 2.20. The molecule has 0 aliphatic carbocycles. The summed E-state index contributed by atoms with van der Waals surface area (Å²) in [5.41, 5.74) is 0.723. The lowest BCUT2D eigenvalue weighted by Gasteiger charge is -2.06. The van der Waals surface area contributed by atoms with Crippen molar-refractivity contribution in [3.8, 4) is 11.4 Å². The maximum Gasteiger partial charge on any atom is 0.230 e. The largest absolute Gasteiger partial charge is 0.508 e. The van der Waals surface area contributed by atoms with Gasteiger partial charge in [-0.2, -0.15) is 16.4 Å². The van der Waals surface area contributed by atoms with E-state index in [0.717, 1.165) is 17.2 Å². The van der Waals surface area contributed by atoms with E-state index in [2.05, 4.69) is 32.3 Å². The van der Waals surface area contributed by atoms with E-state index in [1.807, 2.05) is 6.07 Å². The van der Waals surface area contributed by atoms with E-state index in [9.17, 15) is 9.90 Å². The lowest BCUT2D eigenvalue weighted by molar-refractivity contribution is -0.118. The van der Waals surface area contributed by atoms with Gasteiger partial charge in [-0.25, -0.2) is 0 Å². The molecule has 0 aliphatic heterocycles. The van der Waals surface area contributed by atoms with E-state index in [1.54, 1.807) is 47.4 Å².